The Kier molecular flexibility index (Phi) is 5.40. The van der Waals surface area contributed by atoms with Gasteiger partial charge in [0.1, 0.15) is 12.4 Å². The molecule has 2 bridgehead atoms. The summed E-state index contributed by atoms with van der Waals surface area (Å²) in [5, 5.41) is 6.23. The number of ether oxygens (including phenoxy) is 1. The molecule has 2 aromatic rings. The van der Waals surface area contributed by atoms with Crippen molar-refractivity contribution in [1.82, 2.24) is 5.01 Å². The first-order valence-corrected chi connectivity index (χ1v) is 11.4. The van der Waals surface area contributed by atoms with Crippen molar-refractivity contribution >= 4 is 57.2 Å². The Morgan fingerprint density at radius 3 is 2.42 bits per heavy atom. The number of carbonyl (C=O) groups excluding carboxylic acids is 2. The number of carbonyl (C=O) groups is 2. The summed E-state index contributed by atoms with van der Waals surface area (Å²) >= 11 is 15.5. The first-order chi connectivity index (χ1) is 14.9. The van der Waals surface area contributed by atoms with Crippen molar-refractivity contribution in [3.8, 4) is 5.75 Å². The molecule has 2 aliphatic carbocycles. The summed E-state index contributed by atoms with van der Waals surface area (Å²) in [5.41, 5.74) is 1.51. The smallest absolute Gasteiger partial charge is 0.254 e. The van der Waals surface area contributed by atoms with Crippen LogP contribution in [0.1, 0.15) is 17.5 Å². The minimum Gasteiger partial charge on any atom is -0.488 e. The molecule has 31 heavy (non-hydrogen) atoms. The average Bonchev–Trinajstić information content (AvgIpc) is 3.43. The van der Waals surface area contributed by atoms with Crippen LogP contribution in [0.4, 0.5) is 0 Å². The number of imide groups is 1. The van der Waals surface area contributed by atoms with Crippen molar-refractivity contribution in [1.29, 1.82) is 0 Å². The Morgan fingerprint density at radius 1 is 1.03 bits per heavy atom. The van der Waals surface area contributed by atoms with Gasteiger partial charge in [0.2, 0.25) is 0 Å². The molecule has 5 rings (SSSR count). The molecule has 2 aromatic carbocycles. The zero-order valence-electron chi connectivity index (χ0n) is 16.2. The van der Waals surface area contributed by atoms with Gasteiger partial charge in [0.25, 0.3) is 11.8 Å². The highest BCUT2D eigenvalue weighted by Gasteiger charge is 2.59. The summed E-state index contributed by atoms with van der Waals surface area (Å²) in [6.45, 7) is 0.278. The Morgan fingerprint density at radius 2 is 1.74 bits per heavy atom. The third kappa shape index (κ3) is 3.71. The van der Waals surface area contributed by atoms with Gasteiger partial charge in [-0.2, -0.15) is 10.1 Å². The summed E-state index contributed by atoms with van der Waals surface area (Å²) in [7, 11) is 0. The number of hydrazone groups is 1. The highest BCUT2D eigenvalue weighted by Crippen LogP contribution is 2.52. The van der Waals surface area contributed by atoms with E-state index in [9.17, 15) is 9.59 Å². The van der Waals surface area contributed by atoms with Crippen molar-refractivity contribution in [3.05, 3.63) is 74.2 Å². The van der Waals surface area contributed by atoms with Crippen LogP contribution in [0.25, 0.3) is 0 Å². The van der Waals surface area contributed by atoms with Crippen LogP contribution in [0.5, 0.6) is 5.75 Å². The van der Waals surface area contributed by atoms with E-state index in [-0.39, 0.29) is 42.1 Å². The first-order valence-electron chi connectivity index (χ1n) is 9.89. The lowest BCUT2D eigenvalue weighted by Gasteiger charge is -2.13. The van der Waals surface area contributed by atoms with Crippen LogP contribution >= 0.6 is 39.1 Å². The van der Waals surface area contributed by atoms with E-state index < -0.39 is 0 Å². The van der Waals surface area contributed by atoms with Crippen LogP contribution in [0.15, 0.2) is 58.1 Å². The fraction of sp³-hybridized carbons (Fsp3) is 0.261. The fourth-order valence-corrected chi connectivity index (χ4v) is 5.36. The topological polar surface area (TPSA) is 59.0 Å². The summed E-state index contributed by atoms with van der Waals surface area (Å²) in [4.78, 5) is 25.6. The number of allylic oxidation sites excluding steroid dienone is 2. The van der Waals surface area contributed by atoms with Gasteiger partial charge in [-0.3, -0.25) is 9.59 Å². The molecular weight excluding hydrogens is 503 g/mol. The molecule has 2 fully saturated rings. The van der Waals surface area contributed by atoms with Crippen LogP contribution < -0.4 is 4.74 Å². The van der Waals surface area contributed by atoms with Gasteiger partial charge in [-0.25, -0.2) is 0 Å². The number of amides is 2. The lowest BCUT2D eigenvalue weighted by atomic mass is 9.85. The highest BCUT2D eigenvalue weighted by molar-refractivity contribution is 9.10. The number of hydrogen-bond donors (Lipinski definition) is 0. The van der Waals surface area contributed by atoms with E-state index >= 15 is 0 Å². The van der Waals surface area contributed by atoms with E-state index in [4.69, 9.17) is 27.9 Å². The molecule has 3 aliphatic rings. The van der Waals surface area contributed by atoms with Crippen LogP contribution in [-0.4, -0.2) is 23.0 Å². The molecule has 4 atom stereocenters. The largest absolute Gasteiger partial charge is 0.488 e. The van der Waals surface area contributed by atoms with Gasteiger partial charge in [-0.1, -0.05) is 57.4 Å². The Hall–Kier alpha value is -2.15. The fourth-order valence-electron chi connectivity index (χ4n) is 4.66. The first kappa shape index (κ1) is 20.7. The molecule has 8 heteroatoms. The molecule has 1 aliphatic heterocycles. The molecule has 0 unspecified atom stereocenters. The van der Waals surface area contributed by atoms with Crippen molar-refractivity contribution in [3.63, 3.8) is 0 Å². The summed E-state index contributed by atoms with van der Waals surface area (Å²) in [6.07, 6.45) is 6.52. The summed E-state index contributed by atoms with van der Waals surface area (Å²) < 4.78 is 6.78. The lowest BCUT2D eigenvalue weighted by Crippen LogP contribution is -2.28. The summed E-state index contributed by atoms with van der Waals surface area (Å²) in [5.74, 6) is -0.0860. The minimum absolute atomic E-state index is 0.155. The third-order valence-corrected chi connectivity index (χ3v) is 7.34. The molecule has 2 amide bonds. The quantitative estimate of drug-likeness (QED) is 0.298. The van der Waals surface area contributed by atoms with Gasteiger partial charge in [-0.15, -0.1) is 0 Å². The van der Waals surface area contributed by atoms with Gasteiger partial charge >= 0.3 is 0 Å². The molecule has 0 N–H and O–H groups in total. The molecule has 5 nitrogen and oxygen atoms in total. The second-order valence-corrected chi connectivity index (χ2v) is 9.68. The van der Waals surface area contributed by atoms with E-state index in [0.29, 0.717) is 21.4 Å². The number of rotatable bonds is 5. The lowest BCUT2D eigenvalue weighted by molar-refractivity contribution is -0.140. The van der Waals surface area contributed by atoms with Gasteiger partial charge in [-0.05, 0) is 54.2 Å². The van der Waals surface area contributed by atoms with Crippen LogP contribution in [0, 0.1) is 23.7 Å². The molecular formula is C23H17BrCl2N2O3. The van der Waals surface area contributed by atoms with Crippen LogP contribution in [0.3, 0.4) is 0 Å². The number of nitrogens with zero attached hydrogens (tertiary/aromatic N) is 2. The van der Waals surface area contributed by atoms with E-state index in [2.05, 4.69) is 33.2 Å². The molecule has 1 saturated heterocycles. The number of halogens is 3. The standard InChI is InChI=1S/C23H17BrCl2N2O3/c24-16-4-6-19(31-11-12-1-5-17(25)18(26)7-12)15(9-16)10-27-28-22(29)20-13-2-3-14(8-13)21(20)23(28)30/h1-7,9-10,13-14,20-21H,8,11H2/t13-,14-,20-,21+/m0/s1. The predicted octanol–water partition coefficient (Wildman–Crippen LogP) is 5.48. The second kappa shape index (κ2) is 8.08. The van der Waals surface area contributed by atoms with Gasteiger partial charge < -0.3 is 4.74 Å². The molecule has 0 radical (unpaired) electrons. The second-order valence-electron chi connectivity index (χ2n) is 7.95. The third-order valence-electron chi connectivity index (χ3n) is 6.11. The Balaban J connectivity index is 1.35. The van der Waals surface area contributed by atoms with Crippen LogP contribution in [0.2, 0.25) is 10.0 Å². The van der Waals surface area contributed by atoms with Gasteiger partial charge in [0, 0.05) is 10.0 Å². The number of fused-ring (bicyclic) bond motifs is 5. The van der Waals surface area contributed by atoms with Crippen molar-refractivity contribution < 1.29 is 14.3 Å². The zero-order chi connectivity index (χ0) is 21.7. The minimum atomic E-state index is -0.271. The van der Waals surface area contributed by atoms with Gasteiger partial charge in [0.15, 0.2) is 0 Å². The van der Waals surface area contributed by atoms with E-state index in [1.54, 1.807) is 18.2 Å². The van der Waals surface area contributed by atoms with Crippen LogP contribution in [-0.2, 0) is 16.2 Å². The zero-order valence-corrected chi connectivity index (χ0v) is 19.3. The normalized spacial score (nSPS) is 26.4. The SMILES string of the molecule is O=C1[C@@H]2[C@H](C(=O)N1N=Cc1cc(Br)ccc1OCc1ccc(Cl)c(Cl)c1)[C@H]1C=C[C@H]2C1. The average molecular weight is 520 g/mol. The predicted molar refractivity (Wildman–Crippen MR) is 122 cm³/mol. The van der Waals surface area contributed by atoms with E-state index in [0.717, 1.165) is 21.5 Å². The van der Waals surface area contributed by atoms with E-state index in [1.807, 2.05) is 18.2 Å². The maximum atomic E-state index is 12.8. The van der Waals surface area contributed by atoms with Crippen molar-refractivity contribution in [2.24, 2.45) is 28.8 Å². The molecule has 0 spiro atoms. The summed E-state index contributed by atoms with van der Waals surface area (Å²) in [6, 6.07) is 10.8. The van der Waals surface area contributed by atoms with E-state index in [1.165, 1.54) is 6.21 Å². The Labute approximate surface area is 197 Å². The number of benzene rings is 2. The Bertz CT molecular complexity index is 1120. The monoisotopic (exact) mass is 518 g/mol. The molecule has 0 aromatic heterocycles. The maximum absolute atomic E-state index is 12.8. The van der Waals surface area contributed by atoms with Crippen molar-refractivity contribution in [2.45, 2.75) is 13.0 Å². The van der Waals surface area contributed by atoms with Crippen molar-refractivity contribution in [2.75, 3.05) is 0 Å². The number of hydrogen-bond acceptors (Lipinski definition) is 4. The molecule has 1 saturated carbocycles. The molecule has 158 valence electrons. The maximum Gasteiger partial charge on any atom is 0.254 e. The van der Waals surface area contributed by atoms with Gasteiger partial charge in [0.05, 0.1) is 28.1 Å². The molecule has 1 heterocycles. The highest BCUT2D eigenvalue weighted by atomic mass is 79.9.